The summed E-state index contributed by atoms with van der Waals surface area (Å²) in [6.45, 7) is 4.11. The number of benzene rings is 1. The van der Waals surface area contributed by atoms with Gasteiger partial charge >= 0.3 is 0 Å². The minimum absolute atomic E-state index is 0.137. The number of rotatable bonds is 3. The van der Waals surface area contributed by atoms with Crippen molar-refractivity contribution in [3.05, 3.63) is 49.6 Å². The molecule has 1 heterocycles. The number of hydrogen-bond acceptors (Lipinski definition) is 2. The largest absolute Gasteiger partial charge is 0.496 e. The van der Waals surface area contributed by atoms with E-state index in [0.29, 0.717) is 0 Å². The van der Waals surface area contributed by atoms with E-state index < -0.39 is 0 Å². The van der Waals surface area contributed by atoms with E-state index >= 15 is 0 Å². The summed E-state index contributed by atoms with van der Waals surface area (Å²) >= 11 is 11.8. The molecule has 2 rings (SSSR count). The summed E-state index contributed by atoms with van der Waals surface area (Å²) in [6, 6.07) is 8.20. The van der Waals surface area contributed by atoms with Crippen molar-refractivity contribution in [2.75, 3.05) is 7.11 Å². The lowest BCUT2D eigenvalue weighted by Gasteiger charge is -2.12. The quantitative estimate of drug-likeness (QED) is 0.671. The van der Waals surface area contributed by atoms with Crippen molar-refractivity contribution in [1.29, 1.82) is 0 Å². The third-order valence-corrected chi connectivity index (χ3v) is 4.98. The Morgan fingerprint density at radius 3 is 2.56 bits per heavy atom. The lowest BCUT2D eigenvalue weighted by molar-refractivity contribution is 0.411. The predicted molar refractivity (Wildman–Crippen MR) is 82.2 cm³/mol. The molecule has 0 fully saturated rings. The number of methoxy groups -OCH3 is 1. The van der Waals surface area contributed by atoms with Crippen LogP contribution in [0.25, 0.3) is 0 Å². The van der Waals surface area contributed by atoms with Crippen LogP contribution >= 0.6 is 38.9 Å². The van der Waals surface area contributed by atoms with Gasteiger partial charge in [0.25, 0.3) is 0 Å². The number of thiophene rings is 1. The van der Waals surface area contributed by atoms with Gasteiger partial charge in [-0.1, -0.05) is 12.1 Å². The van der Waals surface area contributed by atoms with Gasteiger partial charge in [-0.25, -0.2) is 0 Å². The fourth-order valence-electron chi connectivity index (χ4n) is 1.88. The Labute approximate surface area is 125 Å². The minimum atomic E-state index is -0.137. The standard InChI is InChI=1S/C14H14BrClOS/c1-8-4-5-10(6-12(8)17-3)14(16)11-7-13(15)18-9(11)2/h4-7,14H,1-3H3. The first-order chi connectivity index (χ1) is 8.52. The van der Waals surface area contributed by atoms with Crippen LogP contribution in [0.3, 0.4) is 0 Å². The molecule has 0 N–H and O–H groups in total. The maximum absolute atomic E-state index is 6.56. The molecule has 96 valence electrons. The van der Waals surface area contributed by atoms with Crippen LogP contribution in [-0.4, -0.2) is 7.11 Å². The van der Waals surface area contributed by atoms with E-state index in [1.165, 1.54) is 4.88 Å². The zero-order valence-corrected chi connectivity index (χ0v) is 13.6. The van der Waals surface area contributed by atoms with Crippen LogP contribution in [0.4, 0.5) is 0 Å². The van der Waals surface area contributed by atoms with Crippen molar-refractivity contribution in [3.8, 4) is 5.75 Å². The van der Waals surface area contributed by atoms with E-state index in [0.717, 1.165) is 26.2 Å². The van der Waals surface area contributed by atoms with Crippen LogP contribution in [0.2, 0.25) is 0 Å². The SMILES string of the molecule is COc1cc(C(Cl)c2cc(Br)sc2C)ccc1C. The Kier molecular flexibility index (Phi) is 4.36. The fraction of sp³-hybridized carbons (Fsp3) is 0.286. The third-order valence-electron chi connectivity index (χ3n) is 2.92. The molecule has 0 aliphatic carbocycles. The van der Waals surface area contributed by atoms with E-state index in [1.54, 1.807) is 18.4 Å². The monoisotopic (exact) mass is 344 g/mol. The normalized spacial score (nSPS) is 12.5. The Morgan fingerprint density at radius 1 is 1.28 bits per heavy atom. The molecular weight excluding hydrogens is 332 g/mol. The number of aryl methyl sites for hydroxylation is 2. The Bertz CT molecular complexity index is 565. The molecule has 4 heteroatoms. The van der Waals surface area contributed by atoms with Gasteiger partial charge in [-0.15, -0.1) is 22.9 Å². The molecular formula is C14H14BrClOS. The van der Waals surface area contributed by atoms with E-state index in [1.807, 2.05) is 19.1 Å². The maximum Gasteiger partial charge on any atom is 0.122 e. The van der Waals surface area contributed by atoms with Gasteiger partial charge in [-0.3, -0.25) is 0 Å². The number of halogens is 2. The highest BCUT2D eigenvalue weighted by molar-refractivity contribution is 9.11. The third kappa shape index (κ3) is 2.73. The molecule has 0 aliphatic rings. The van der Waals surface area contributed by atoms with Crippen LogP contribution in [-0.2, 0) is 0 Å². The van der Waals surface area contributed by atoms with Gasteiger partial charge in [0.2, 0.25) is 0 Å². The molecule has 0 saturated carbocycles. The van der Waals surface area contributed by atoms with Gasteiger partial charge < -0.3 is 4.74 Å². The summed E-state index contributed by atoms with van der Waals surface area (Å²) in [5.41, 5.74) is 3.33. The first kappa shape index (κ1) is 13.9. The zero-order chi connectivity index (χ0) is 13.3. The van der Waals surface area contributed by atoms with E-state index in [9.17, 15) is 0 Å². The Balaban J connectivity index is 2.39. The number of alkyl halides is 1. The van der Waals surface area contributed by atoms with Crippen LogP contribution in [0, 0.1) is 13.8 Å². The Hall–Kier alpha value is -0.510. The van der Waals surface area contributed by atoms with E-state index in [-0.39, 0.29) is 5.38 Å². The summed E-state index contributed by atoms with van der Waals surface area (Å²) in [5, 5.41) is -0.137. The van der Waals surface area contributed by atoms with Gasteiger partial charge in [0.05, 0.1) is 16.3 Å². The average Bonchev–Trinajstić information content (AvgIpc) is 2.68. The maximum atomic E-state index is 6.56. The van der Waals surface area contributed by atoms with Gasteiger partial charge in [-0.05, 0) is 58.6 Å². The van der Waals surface area contributed by atoms with Crippen LogP contribution < -0.4 is 4.74 Å². The zero-order valence-electron chi connectivity index (χ0n) is 10.5. The average molecular weight is 346 g/mol. The molecule has 1 aromatic carbocycles. The Morgan fingerprint density at radius 2 is 2.00 bits per heavy atom. The molecule has 18 heavy (non-hydrogen) atoms. The summed E-state index contributed by atoms with van der Waals surface area (Å²) in [7, 11) is 1.68. The summed E-state index contributed by atoms with van der Waals surface area (Å²) in [5.74, 6) is 0.880. The van der Waals surface area contributed by atoms with Crippen molar-refractivity contribution in [1.82, 2.24) is 0 Å². The second kappa shape index (κ2) is 5.64. The molecule has 1 aromatic heterocycles. The van der Waals surface area contributed by atoms with Gasteiger partial charge in [0.15, 0.2) is 0 Å². The summed E-state index contributed by atoms with van der Waals surface area (Å²) < 4.78 is 6.45. The number of hydrogen-bond donors (Lipinski definition) is 0. The lowest BCUT2D eigenvalue weighted by Crippen LogP contribution is -1.95. The van der Waals surface area contributed by atoms with Gasteiger partial charge in [0.1, 0.15) is 5.75 Å². The van der Waals surface area contributed by atoms with Gasteiger partial charge in [0, 0.05) is 4.88 Å². The van der Waals surface area contributed by atoms with E-state index in [2.05, 4.69) is 35.0 Å². The summed E-state index contributed by atoms with van der Waals surface area (Å²) in [6.07, 6.45) is 0. The molecule has 2 aromatic rings. The second-order valence-corrected chi connectivity index (χ2v) is 7.23. The van der Waals surface area contributed by atoms with Crippen LogP contribution in [0.1, 0.15) is 26.9 Å². The highest BCUT2D eigenvalue weighted by atomic mass is 79.9. The molecule has 0 saturated heterocycles. The molecule has 1 atom stereocenters. The van der Waals surface area contributed by atoms with Crippen molar-refractivity contribution < 1.29 is 4.74 Å². The predicted octanol–water partition coefficient (Wildman–Crippen LogP) is 5.46. The van der Waals surface area contributed by atoms with Crippen molar-refractivity contribution >= 4 is 38.9 Å². The highest BCUT2D eigenvalue weighted by Crippen LogP contribution is 2.38. The molecule has 0 amide bonds. The lowest BCUT2D eigenvalue weighted by atomic mass is 10.0. The number of ether oxygens (including phenoxy) is 1. The van der Waals surface area contributed by atoms with Crippen LogP contribution in [0.5, 0.6) is 5.75 Å². The van der Waals surface area contributed by atoms with Crippen molar-refractivity contribution in [2.45, 2.75) is 19.2 Å². The molecule has 0 aliphatic heterocycles. The molecule has 0 radical (unpaired) electrons. The van der Waals surface area contributed by atoms with E-state index in [4.69, 9.17) is 16.3 Å². The topological polar surface area (TPSA) is 9.23 Å². The molecule has 1 unspecified atom stereocenters. The molecule has 0 spiro atoms. The first-order valence-electron chi connectivity index (χ1n) is 5.57. The highest BCUT2D eigenvalue weighted by Gasteiger charge is 2.16. The van der Waals surface area contributed by atoms with Gasteiger partial charge in [-0.2, -0.15) is 0 Å². The first-order valence-corrected chi connectivity index (χ1v) is 7.62. The minimum Gasteiger partial charge on any atom is -0.496 e. The van der Waals surface area contributed by atoms with Crippen molar-refractivity contribution in [2.24, 2.45) is 0 Å². The fourth-order valence-corrected chi connectivity index (χ4v) is 4.06. The second-order valence-electron chi connectivity index (χ2n) is 4.15. The molecule has 0 bridgehead atoms. The summed E-state index contributed by atoms with van der Waals surface area (Å²) in [4.78, 5) is 1.24. The van der Waals surface area contributed by atoms with Crippen LogP contribution in [0.15, 0.2) is 28.1 Å². The molecule has 1 nitrogen and oxygen atoms in total. The smallest absolute Gasteiger partial charge is 0.122 e. The van der Waals surface area contributed by atoms with Crippen molar-refractivity contribution in [3.63, 3.8) is 0 Å².